The van der Waals surface area contributed by atoms with Gasteiger partial charge in [0, 0.05) is 29.3 Å². The SMILES string of the molecule is CCCN(Cc1ccc(C(F)(F)F)cn1)C(=O)c1ccc2nc(N)c3c(c2c1)COC3. The summed E-state index contributed by atoms with van der Waals surface area (Å²) in [5.41, 5.74) is 8.50. The average Bonchev–Trinajstić information content (AvgIpc) is 3.24. The van der Waals surface area contributed by atoms with Crippen LogP contribution in [-0.4, -0.2) is 27.3 Å². The van der Waals surface area contributed by atoms with Gasteiger partial charge < -0.3 is 15.4 Å². The van der Waals surface area contributed by atoms with Crippen LogP contribution in [0.4, 0.5) is 19.0 Å². The van der Waals surface area contributed by atoms with Gasteiger partial charge in [-0.2, -0.15) is 13.2 Å². The molecular weight excluding hydrogens is 409 g/mol. The lowest BCUT2D eigenvalue weighted by Gasteiger charge is -2.22. The molecule has 0 spiro atoms. The number of hydrogen-bond acceptors (Lipinski definition) is 5. The van der Waals surface area contributed by atoms with E-state index in [4.69, 9.17) is 10.5 Å². The number of alkyl halides is 3. The highest BCUT2D eigenvalue weighted by Crippen LogP contribution is 2.32. The number of halogens is 3. The zero-order valence-electron chi connectivity index (χ0n) is 16.9. The van der Waals surface area contributed by atoms with Gasteiger partial charge in [-0.3, -0.25) is 9.78 Å². The summed E-state index contributed by atoms with van der Waals surface area (Å²) in [5, 5.41) is 0.816. The summed E-state index contributed by atoms with van der Waals surface area (Å²) in [6.45, 7) is 3.29. The Morgan fingerprint density at radius 1 is 1.19 bits per heavy atom. The molecular formula is C22H21F3N4O2. The molecule has 1 aliphatic heterocycles. The Bertz CT molecular complexity index is 1130. The number of hydrogen-bond donors (Lipinski definition) is 1. The van der Waals surface area contributed by atoms with Crippen molar-refractivity contribution in [3.05, 3.63) is 64.5 Å². The molecule has 2 aromatic heterocycles. The fourth-order valence-electron chi connectivity index (χ4n) is 3.69. The first kappa shape index (κ1) is 21.0. The number of pyridine rings is 2. The fourth-order valence-corrected chi connectivity index (χ4v) is 3.69. The number of nitrogen functional groups attached to an aromatic ring is 1. The van der Waals surface area contributed by atoms with Crippen molar-refractivity contribution < 1.29 is 22.7 Å². The zero-order chi connectivity index (χ0) is 22.2. The molecule has 162 valence electrons. The number of aromatic nitrogens is 2. The maximum Gasteiger partial charge on any atom is 0.417 e. The molecule has 0 unspecified atom stereocenters. The summed E-state index contributed by atoms with van der Waals surface area (Å²) in [4.78, 5) is 23.1. The van der Waals surface area contributed by atoms with E-state index in [9.17, 15) is 18.0 Å². The molecule has 1 amide bonds. The topological polar surface area (TPSA) is 81.3 Å². The quantitative estimate of drug-likeness (QED) is 0.652. The third-order valence-electron chi connectivity index (χ3n) is 5.26. The number of fused-ring (bicyclic) bond motifs is 3. The normalized spacial score (nSPS) is 13.4. The molecule has 0 atom stereocenters. The van der Waals surface area contributed by atoms with E-state index in [2.05, 4.69) is 9.97 Å². The molecule has 0 radical (unpaired) electrons. The number of nitrogens with zero attached hydrogens (tertiary/aromatic N) is 3. The second-order valence-electron chi connectivity index (χ2n) is 7.44. The van der Waals surface area contributed by atoms with E-state index in [-0.39, 0.29) is 12.5 Å². The Labute approximate surface area is 176 Å². The van der Waals surface area contributed by atoms with E-state index in [1.54, 1.807) is 23.1 Å². The Hall–Kier alpha value is -3.20. The molecule has 9 heteroatoms. The van der Waals surface area contributed by atoms with Gasteiger partial charge in [-0.15, -0.1) is 0 Å². The van der Waals surface area contributed by atoms with Crippen LogP contribution in [0, 0.1) is 0 Å². The van der Waals surface area contributed by atoms with Gasteiger partial charge >= 0.3 is 6.18 Å². The lowest BCUT2D eigenvalue weighted by Crippen LogP contribution is -2.31. The highest BCUT2D eigenvalue weighted by molar-refractivity contribution is 5.99. The van der Waals surface area contributed by atoms with Gasteiger partial charge in [0.25, 0.3) is 5.91 Å². The first-order chi connectivity index (χ1) is 14.8. The van der Waals surface area contributed by atoms with Gasteiger partial charge in [0.15, 0.2) is 0 Å². The van der Waals surface area contributed by atoms with Gasteiger partial charge in [-0.05, 0) is 42.3 Å². The van der Waals surface area contributed by atoms with Crippen molar-refractivity contribution in [2.75, 3.05) is 12.3 Å². The van der Waals surface area contributed by atoms with Crippen molar-refractivity contribution in [3.63, 3.8) is 0 Å². The number of benzene rings is 1. The molecule has 1 aliphatic rings. The Morgan fingerprint density at radius 2 is 1.97 bits per heavy atom. The first-order valence-electron chi connectivity index (χ1n) is 9.88. The zero-order valence-corrected chi connectivity index (χ0v) is 16.9. The summed E-state index contributed by atoms with van der Waals surface area (Å²) in [6, 6.07) is 7.49. The maximum absolute atomic E-state index is 13.2. The molecule has 3 heterocycles. The van der Waals surface area contributed by atoms with E-state index in [1.807, 2.05) is 6.92 Å². The van der Waals surface area contributed by atoms with Crippen LogP contribution in [0.1, 0.15) is 46.1 Å². The molecule has 6 nitrogen and oxygen atoms in total. The van der Waals surface area contributed by atoms with E-state index in [0.717, 1.165) is 28.8 Å². The summed E-state index contributed by atoms with van der Waals surface area (Å²) in [7, 11) is 0. The number of ether oxygens (including phenoxy) is 1. The van der Waals surface area contributed by atoms with Crippen LogP contribution in [0.25, 0.3) is 10.9 Å². The van der Waals surface area contributed by atoms with Crippen molar-refractivity contribution in [1.82, 2.24) is 14.9 Å². The summed E-state index contributed by atoms with van der Waals surface area (Å²) >= 11 is 0. The van der Waals surface area contributed by atoms with Crippen LogP contribution in [0.3, 0.4) is 0 Å². The maximum atomic E-state index is 13.2. The third kappa shape index (κ3) is 4.18. The molecule has 3 aromatic rings. The minimum absolute atomic E-state index is 0.115. The van der Waals surface area contributed by atoms with Gasteiger partial charge in [0.05, 0.1) is 36.5 Å². The van der Waals surface area contributed by atoms with E-state index >= 15 is 0 Å². The van der Waals surface area contributed by atoms with Crippen molar-refractivity contribution >= 4 is 22.6 Å². The van der Waals surface area contributed by atoms with Crippen LogP contribution < -0.4 is 5.73 Å². The highest BCUT2D eigenvalue weighted by Gasteiger charge is 2.30. The highest BCUT2D eigenvalue weighted by atomic mass is 19.4. The lowest BCUT2D eigenvalue weighted by atomic mass is 10.0. The smallest absolute Gasteiger partial charge is 0.383 e. The molecule has 0 bridgehead atoms. The Morgan fingerprint density at radius 3 is 2.65 bits per heavy atom. The number of carbonyl (C=O) groups is 1. The molecule has 0 aliphatic carbocycles. The average molecular weight is 430 g/mol. The number of nitrogens with two attached hydrogens (primary N) is 1. The first-order valence-corrected chi connectivity index (χ1v) is 9.88. The predicted molar refractivity (Wildman–Crippen MR) is 109 cm³/mol. The molecule has 1 aromatic carbocycles. The van der Waals surface area contributed by atoms with Gasteiger partial charge in [0.2, 0.25) is 0 Å². The third-order valence-corrected chi connectivity index (χ3v) is 5.26. The lowest BCUT2D eigenvalue weighted by molar-refractivity contribution is -0.137. The number of carbonyl (C=O) groups excluding carboxylic acids is 1. The van der Waals surface area contributed by atoms with Crippen LogP contribution in [-0.2, 0) is 30.7 Å². The van der Waals surface area contributed by atoms with Gasteiger partial charge in [0.1, 0.15) is 5.82 Å². The fraction of sp³-hybridized carbons (Fsp3) is 0.318. The second-order valence-corrected chi connectivity index (χ2v) is 7.44. The van der Waals surface area contributed by atoms with E-state index in [0.29, 0.717) is 48.8 Å². The minimum atomic E-state index is -4.45. The molecule has 2 N–H and O–H groups in total. The van der Waals surface area contributed by atoms with Gasteiger partial charge in [-0.1, -0.05) is 6.92 Å². The summed E-state index contributed by atoms with van der Waals surface area (Å²) in [6.07, 6.45) is -2.96. The molecule has 31 heavy (non-hydrogen) atoms. The number of anilines is 1. The summed E-state index contributed by atoms with van der Waals surface area (Å²) < 4.78 is 43.8. The van der Waals surface area contributed by atoms with E-state index in [1.165, 1.54) is 6.07 Å². The standard InChI is InChI=1S/C22H21F3N4O2/c1-2-7-29(10-15-5-4-14(9-27-15)22(23,24)25)21(30)13-3-6-19-16(8-13)17-11-31-12-18(17)20(26)28-19/h3-6,8-9H,2,7,10-12H2,1H3,(H2,26,28). The minimum Gasteiger partial charge on any atom is -0.383 e. The van der Waals surface area contributed by atoms with Gasteiger partial charge in [-0.25, -0.2) is 4.98 Å². The summed E-state index contributed by atoms with van der Waals surface area (Å²) in [5.74, 6) is 0.204. The monoisotopic (exact) mass is 430 g/mol. The van der Waals surface area contributed by atoms with Crippen LogP contribution >= 0.6 is 0 Å². The second kappa shape index (κ2) is 8.14. The largest absolute Gasteiger partial charge is 0.417 e. The van der Waals surface area contributed by atoms with Crippen LogP contribution in [0.5, 0.6) is 0 Å². The van der Waals surface area contributed by atoms with Crippen molar-refractivity contribution in [2.45, 2.75) is 39.3 Å². The van der Waals surface area contributed by atoms with Crippen molar-refractivity contribution in [1.29, 1.82) is 0 Å². The molecule has 0 saturated heterocycles. The molecule has 0 saturated carbocycles. The Kier molecular flexibility index (Phi) is 5.53. The molecule has 4 rings (SSSR count). The van der Waals surface area contributed by atoms with Crippen LogP contribution in [0.2, 0.25) is 0 Å². The number of amides is 1. The van der Waals surface area contributed by atoms with Crippen molar-refractivity contribution in [2.24, 2.45) is 0 Å². The predicted octanol–water partition coefficient (Wildman–Crippen LogP) is 4.31. The van der Waals surface area contributed by atoms with E-state index < -0.39 is 11.7 Å². The Balaban J connectivity index is 1.62. The number of rotatable bonds is 5. The van der Waals surface area contributed by atoms with Crippen LogP contribution in [0.15, 0.2) is 36.5 Å². The van der Waals surface area contributed by atoms with Crippen molar-refractivity contribution in [3.8, 4) is 0 Å². The molecule has 0 fully saturated rings.